The van der Waals surface area contributed by atoms with Gasteiger partial charge in [-0.3, -0.25) is 14.0 Å². The standard InChI is InChI=1S/C14H16ClN5O2S/c15-13-10(20-6-7-23-14(20)17-13)8-16-18-11(21)9-19-5-3-1-2-4-12(19)22/h6-8H,1-5,9H2,(H,18,21)/b16-8+. The van der Waals surface area contributed by atoms with Crippen molar-refractivity contribution in [3.63, 3.8) is 0 Å². The number of amides is 2. The van der Waals surface area contributed by atoms with Crippen LogP contribution < -0.4 is 5.43 Å². The molecule has 0 saturated carbocycles. The van der Waals surface area contributed by atoms with Crippen LogP contribution in [0.15, 0.2) is 16.7 Å². The van der Waals surface area contributed by atoms with Crippen molar-refractivity contribution in [2.24, 2.45) is 5.10 Å². The van der Waals surface area contributed by atoms with E-state index in [1.807, 2.05) is 11.6 Å². The molecule has 0 aliphatic carbocycles. The van der Waals surface area contributed by atoms with Gasteiger partial charge in [0.1, 0.15) is 12.2 Å². The summed E-state index contributed by atoms with van der Waals surface area (Å²) in [4.78, 5) is 30.3. The number of nitrogens with zero attached hydrogens (tertiary/aromatic N) is 4. The molecule has 1 aliphatic rings. The molecule has 0 bridgehead atoms. The van der Waals surface area contributed by atoms with Crippen LogP contribution in [0.25, 0.3) is 4.96 Å². The highest BCUT2D eigenvalue weighted by Gasteiger charge is 2.18. The minimum atomic E-state index is -0.321. The van der Waals surface area contributed by atoms with E-state index < -0.39 is 0 Å². The molecule has 0 radical (unpaired) electrons. The molecule has 9 heteroatoms. The SMILES string of the molecule is O=C(CN1CCCCCC1=O)N/N=C/c1c(Cl)nc2sccn12. The predicted octanol–water partition coefficient (Wildman–Crippen LogP) is 1.90. The van der Waals surface area contributed by atoms with Gasteiger partial charge in [-0.25, -0.2) is 10.4 Å². The van der Waals surface area contributed by atoms with Gasteiger partial charge in [0.25, 0.3) is 5.91 Å². The van der Waals surface area contributed by atoms with E-state index in [9.17, 15) is 9.59 Å². The first kappa shape index (κ1) is 15.9. The summed E-state index contributed by atoms with van der Waals surface area (Å²) in [6.07, 6.45) is 6.65. The Bertz CT molecular complexity index is 754. The van der Waals surface area contributed by atoms with Crippen LogP contribution in [0, 0.1) is 0 Å². The zero-order valence-electron chi connectivity index (χ0n) is 12.4. The van der Waals surface area contributed by atoms with Crippen LogP contribution in [0.4, 0.5) is 0 Å². The molecule has 2 aromatic heterocycles. The minimum Gasteiger partial charge on any atom is -0.333 e. The van der Waals surface area contributed by atoms with Crippen LogP contribution in [0.1, 0.15) is 31.4 Å². The average molecular weight is 354 g/mol. The molecule has 2 aromatic rings. The first-order valence-electron chi connectivity index (χ1n) is 7.36. The monoisotopic (exact) mass is 353 g/mol. The molecule has 0 spiro atoms. The third-order valence-electron chi connectivity index (χ3n) is 3.64. The van der Waals surface area contributed by atoms with Crippen molar-refractivity contribution in [1.29, 1.82) is 0 Å². The summed E-state index contributed by atoms with van der Waals surface area (Å²) in [5, 5.41) is 6.13. The maximum atomic E-state index is 11.9. The molecule has 1 saturated heterocycles. The summed E-state index contributed by atoms with van der Waals surface area (Å²) in [5.41, 5.74) is 3.04. The molecular formula is C14H16ClN5O2S. The molecule has 1 fully saturated rings. The van der Waals surface area contributed by atoms with Gasteiger partial charge in [0, 0.05) is 24.5 Å². The number of hydrogen-bond acceptors (Lipinski definition) is 5. The number of halogens is 1. The van der Waals surface area contributed by atoms with Gasteiger partial charge in [-0.05, 0) is 12.8 Å². The van der Waals surface area contributed by atoms with Crippen molar-refractivity contribution in [1.82, 2.24) is 19.7 Å². The number of nitrogens with one attached hydrogen (secondary N) is 1. The molecule has 3 rings (SSSR count). The van der Waals surface area contributed by atoms with Gasteiger partial charge >= 0.3 is 0 Å². The number of fused-ring (bicyclic) bond motifs is 1. The predicted molar refractivity (Wildman–Crippen MR) is 88.9 cm³/mol. The van der Waals surface area contributed by atoms with Crippen molar-refractivity contribution < 1.29 is 9.59 Å². The Balaban J connectivity index is 1.59. The van der Waals surface area contributed by atoms with Crippen LogP contribution in [0.3, 0.4) is 0 Å². The summed E-state index contributed by atoms with van der Waals surface area (Å²) in [5.74, 6) is -0.292. The lowest BCUT2D eigenvalue weighted by Crippen LogP contribution is -2.39. The van der Waals surface area contributed by atoms with E-state index >= 15 is 0 Å². The van der Waals surface area contributed by atoms with Gasteiger partial charge < -0.3 is 4.90 Å². The van der Waals surface area contributed by atoms with Gasteiger partial charge in [0.05, 0.1) is 6.21 Å². The molecule has 1 aliphatic heterocycles. The summed E-state index contributed by atoms with van der Waals surface area (Å²) in [6.45, 7) is 0.657. The summed E-state index contributed by atoms with van der Waals surface area (Å²) in [7, 11) is 0. The number of aromatic nitrogens is 2. The zero-order chi connectivity index (χ0) is 16.2. The molecule has 0 atom stereocenters. The second kappa shape index (κ2) is 7.10. The van der Waals surface area contributed by atoms with Crippen molar-refractivity contribution in [2.45, 2.75) is 25.7 Å². The maximum Gasteiger partial charge on any atom is 0.259 e. The Kier molecular flexibility index (Phi) is 4.92. The highest BCUT2D eigenvalue weighted by molar-refractivity contribution is 7.15. The molecule has 0 aromatic carbocycles. The molecule has 2 amide bonds. The van der Waals surface area contributed by atoms with Gasteiger partial charge in [0.15, 0.2) is 10.1 Å². The molecule has 0 unspecified atom stereocenters. The van der Waals surface area contributed by atoms with Gasteiger partial charge in [0.2, 0.25) is 5.91 Å². The molecule has 1 N–H and O–H groups in total. The third-order valence-corrected chi connectivity index (χ3v) is 4.67. The second-order valence-electron chi connectivity index (χ2n) is 5.26. The van der Waals surface area contributed by atoms with E-state index in [-0.39, 0.29) is 18.4 Å². The normalized spacial score (nSPS) is 16.2. The highest BCUT2D eigenvalue weighted by atomic mass is 35.5. The van der Waals surface area contributed by atoms with Crippen LogP contribution >= 0.6 is 22.9 Å². The lowest BCUT2D eigenvalue weighted by atomic mass is 10.2. The van der Waals surface area contributed by atoms with Crippen molar-refractivity contribution in [2.75, 3.05) is 13.1 Å². The van der Waals surface area contributed by atoms with E-state index in [1.165, 1.54) is 17.6 Å². The van der Waals surface area contributed by atoms with Crippen molar-refractivity contribution >= 4 is 45.9 Å². The van der Waals surface area contributed by atoms with Crippen LogP contribution in [0.5, 0.6) is 0 Å². The first-order valence-corrected chi connectivity index (χ1v) is 8.61. The minimum absolute atomic E-state index is 0.0282. The van der Waals surface area contributed by atoms with E-state index in [0.717, 1.165) is 24.2 Å². The molecule has 3 heterocycles. The smallest absolute Gasteiger partial charge is 0.259 e. The summed E-state index contributed by atoms with van der Waals surface area (Å²) >= 11 is 7.50. The van der Waals surface area contributed by atoms with Gasteiger partial charge in [-0.2, -0.15) is 5.10 Å². The van der Waals surface area contributed by atoms with E-state index in [1.54, 1.807) is 9.30 Å². The molecule has 7 nitrogen and oxygen atoms in total. The molecular weight excluding hydrogens is 338 g/mol. The number of imidazole rings is 1. The highest BCUT2D eigenvalue weighted by Crippen LogP contribution is 2.19. The van der Waals surface area contributed by atoms with E-state index in [4.69, 9.17) is 11.6 Å². The number of hydrazone groups is 1. The first-order chi connectivity index (χ1) is 11.1. The fourth-order valence-corrected chi connectivity index (χ4v) is 3.46. The lowest BCUT2D eigenvalue weighted by molar-refractivity contribution is -0.135. The number of thiazole rings is 1. The van der Waals surface area contributed by atoms with Crippen molar-refractivity contribution in [3.05, 3.63) is 22.4 Å². The zero-order valence-corrected chi connectivity index (χ0v) is 13.9. The maximum absolute atomic E-state index is 11.9. The average Bonchev–Trinajstić information content (AvgIpc) is 3.01. The summed E-state index contributed by atoms with van der Waals surface area (Å²) in [6, 6.07) is 0. The fraction of sp³-hybridized carbons (Fsp3) is 0.429. The Morgan fingerprint density at radius 1 is 1.48 bits per heavy atom. The Hall–Kier alpha value is -1.93. The number of carbonyl (C=O) groups excluding carboxylic acids is 2. The van der Waals surface area contributed by atoms with Crippen LogP contribution in [-0.2, 0) is 9.59 Å². The van der Waals surface area contributed by atoms with Gasteiger partial charge in [-0.1, -0.05) is 18.0 Å². The lowest BCUT2D eigenvalue weighted by Gasteiger charge is -2.18. The van der Waals surface area contributed by atoms with Crippen molar-refractivity contribution in [3.8, 4) is 0 Å². The van der Waals surface area contributed by atoms with Crippen LogP contribution in [-0.4, -0.2) is 45.4 Å². The Morgan fingerprint density at radius 2 is 2.35 bits per heavy atom. The Labute approximate surface area is 141 Å². The van der Waals surface area contributed by atoms with Gasteiger partial charge in [-0.15, -0.1) is 11.3 Å². The number of rotatable bonds is 4. The van der Waals surface area contributed by atoms with Crippen LogP contribution in [0.2, 0.25) is 5.15 Å². The van der Waals surface area contributed by atoms with E-state index in [2.05, 4.69) is 15.5 Å². The fourth-order valence-electron chi connectivity index (χ4n) is 2.47. The third kappa shape index (κ3) is 3.70. The number of hydrogen-bond donors (Lipinski definition) is 1. The topological polar surface area (TPSA) is 79.1 Å². The quantitative estimate of drug-likeness (QED) is 0.673. The summed E-state index contributed by atoms with van der Waals surface area (Å²) < 4.78 is 1.79. The number of likely N-dealkylation sites (tertiary alicyclic amines) is 1. The molecule has 122 valence electrons. The molecule has 23 heavy (non-hydrogen) atoms. The number of carbonyl (C=O) groups is 2. The van der Waals surface area contributed by atoms with E-state index in [0.29, 0.717) is 23.8 Å². The second-order valence-corrected chi connectivity index (χ2v) is 6.49. The Morgan fingerprint density at radius 3 is 3.22 bits per heavy atom. The largest absolute Gasteiger partial charge is 0.333 e.